The third-order valence-corrected chi connectivity index (χ3v) is 17.2. The predicted molar refractivity (Wildman–Crippen MR) is 400 cm³/mol. The van der Waals surface area contributed by atoms with Crippen LogP contribution in [0.2, 0.25) is 0 Å². The molecular weight excluding hydrogens is 1280 g/mol. The summed E-state index contributed by atoms with van der Waals surface area (Å²) in [6.45, 7) is 3.65. The zero-order valence-corrected chi connectivity index (χ0v) is 55.7. The van der Waals surface area contributed by atoms with E-state index in [1.807, 2.05) is 176 Å². The van der Waals surface area contributed by atoms with Gasteiger partial charge in [0.15, 0.2) is 11.6 Å². The standard InChI is InChI=1S/C21H22N4O.C17H15N5O.C17H14N4O2.C12H10N4S.C8H8N2.CH4/c1-3-4-9-19(26)14-10-11-18-17(12-14)24-21(25(18)2)13-20-22-15-7-5-6-8-16(15)23-20;1-10(23)11-7-8-15-14(9-11)20-17(22(15)2)21-16-18-12-5-3-4-6-13(12)19-16;1-21-14-7-6-10(17(22)23)8-13(14)20-16(21)9-15-18-11-4-2-3-5-12(11)19-15;17-12(16-6-5-13-8-16)15-11-7-9-3-1-2-4-10(9)14-11;9-8-5-6-3-1-2-4-7(6)10-8;/h5-8,10-12H,3-4,9,13H2,1-2H3,(H,22,23);3-9H,1-2H3,(H2,18,19,20,21);2-8H,9H2,1H3,(H,18,19)(H,22,23);1-6,8H,7H2,(H,14,15,17);1-4H,5H2,(H2,9,10);1H4. The highest BCUT2D eigenvalue weighted by Crippen LogP contribution is 2.28. The number of nitrogens with one attached hydrogen (secondary N) is 5. The van der Waals surface area contributed by atoms with Crippen LogP contribution < -0.4 is 16.4 Å². The van der Waals surface area contributed by atoms with E-state index in [-0.39, 0.29) is 24.6 Å². The lowest BCUT2D eigenvalue weighted by Crippen LogP contribution is -2.12. The smallest absolute Gasteiger partial charge is 0.335 e. The second-order valence-corrected chi connectivity index (χ2v) is 24.2. The van der Waals surface area contributed by atoms with Crippen molar-refractivity contribution in [3.8, 4) is 0 Å². The van der Waals surface area contributed by atoms with Gasteiger partial charge in [-0.2, -0.15) is 0 Å². The lowest BCUT2D eigenvalue weighted by atomic mass is 10.1. The van der Waals surface area contributed by atoms with Crippen LogP contribution in [0.3, 0.4) is 0 Å². The number of rotatable bonds is 12. The summed E-state index contributed by atoms with van der Waals surface area (Å²) in [7, 11) is 5.85. The first-order valence-corrected chi connectivity index (χ1v) is 32.6. The molecule has 0 saturated heterocycles. The van der Waals surface area contributed by atoms with Crippen molar-refractivity contribution in [3.05, 3.63) is 246 Å². The second-order valence-electron chi connectivity index (χ2n) is 23.8. The number of hydrogen-bond acceptors (Lipinski definition) is 14. The number of aromatic carboxylic acids is 1. The van der Waals surface area contributed by atoms with Crippen LogP contribution in [0, 0.1) is 0 Å². The predicted octanol–water partition coefficient (Wildman–Crippen LogP) is 14.5. The Labute approximate surface area is 580 Å². The summed E-state index contributed by atoms with van der Waals surface area (Å²) in [6, 6.07) is 56.2. The first-order valence-electron chi connectivity index (χ1n) is 32.2. The van der Waals surface area contributed by atoms with Crippen molar-refractivity contribution in [1.29, 1.82) is 0 Å². The summed E-state index contributed by atoms with van der Waals surface area (Å²) in [5.74, 6) is 5.67. The number of carboxylic acids is 1. The number of nitrogens with two attached hydrogens (primary N) is 1. The van der Waals surface area contributed by atoms with Gasteiger partial charge in [0.2, 0.25) is 17.0 Å². The molecule has 2 aliphatic heterocycles. The molecule has 0 fully saturated rings. The third kappa shape index (κ3) is 15.2. The number of aromatic amines is 3. The Balaban J connectivity index is 0.000000121. The molecule has 15 aromatic rings. The van der Waals surface area contributed by atoms with Gasteiger partial charge in [-0.3, -0.25) is 19.5 Å². The Morgan fingerprint density at radius 3 is 1.70 bits per heavy atom. The molecule has 17 rings (SSSR count). The number of aliphatic imine (C=N–C) groups is 2. The van der Waals surface area contributed by atoms with E-state index in [4.69, 9.17) is 28.0 Å². The monoisotopic (exact) mass is 1350 g/mol. The summed E-state index contributed by atoms with van der Waals surface area (Å²) in [5, 5.41) is 16.0. The fraction of sp³-hybridized carbons (Fsp3) is 0.171. The number of Topliss-reactive ketones (excluding diaryl/α,β-unsaturated/α-hetero) is 2. The molecule has 23 nitrogen and oxygen atoms in total. The van der Waals surface area contributed by atoms with E-state index in [1.54, 1.807) is 48.4 Å². The molecule has 7 aromatic heterocycles. The number of carbonyl (C=O) groups is 3. The summed E-state index contributed by atoms with van der Waals surface area (Å²) >= 11 is 5.22. The number of hydrogen-bond donors (Lipinski definition) is 7. The summed E-state index contributed by atoms with van der Waals surface area (Å²) in [4.78, 5) is 84.8. The highest BCUT2D eigenvalue weighted by Gasteiger charge is 2.19. The lowest BCUT2D eigenvalue weighted by molar-refractivity contribution is 0.0696. The fourth-order valence-electron chi connectivity index (χ4n) is 11.7. The number of thiocarbonyl (C=S) groups is 1. The Kier molecular flexibility index (Phi) is 20.1. The minimum Gasteiger partial charge on any atom is -0.478 e. The number of ketones is 2. The Morgan fingerprint density at radius 1 is 0.600 bits per heavy atom. The number of aryl methyl sites for hydroxylation is 3. The minimum absolute atomic E-state index is 0. The molecule has 8 N–H and O–H groups in total. The normalized spacial score (nSPS) is 12.3. The number of aromatic nitrogens is 14. The molecule has 0 unspecified atom stereocenters. The van der Waals surface area contributed by atoms with Crippen molar-refractivity contribution in [3.63, 3.8) is 0 Å². The van der Waals surface area contributed by atoms with E-state index in [0.717, 1.165) is 138 Å². The van der Waals surface area contributed by atoms with Gasteiger partial charge in [0, 0.05) is 69.6 Å². The van der Waals surface area contributed by atoms with E-state index < -0.39 is 5.97 Å². The fourth-order valence-corrected chi connectivity index (χ4v) is 11.9. The molecule has 0 spiro atoms. The maximum Gasteiger partial charge on any atom is 0.335 e. The Hall–Kier alpha value is -12.6. The van der Waals surface area contributed by atoms with Gasteiger partial charge in [-0.25, -0.2) is 49.7 Å². The van der Waals surface area contributed by atoms with Gasteiger partial charge in [-0.15, -0.1) is 0 Å². The van der Waals surface area contributed by atoms with Crippen molar-refractivity contribution in [2.24, 2.45) is 36.9 Å². The molecule has 9 heterocycles. The minimum atomic E-state index is -0.948. The van der Waals surface area contributed by atoms with Crippen LogP contribution in [-0.2, 0) is 46.8 Å². The first kappa shape index (κ1) is 67.4. The van der Waals surface area contributed by atoms with Crippen LogP contribution in [0.4, 0.5) is 23.3 Å². The number of amidine groups is 2. The molecule has 0 saturated carbocycles. The Bertz CT molecular complexity index is 5290. The second kappa shape index (κ2) is 29.8. The van der Waals surface area contributed by atoms with E-state index in [2.05, 4.69) is 89.1 Å². The molecule has 100 heavy (non-hydrogen) atoms. The molecule has 0 radical (unpaired) electrons. The Morgan fingerprint density at radius 2 is 1.13 bits per heavy atom. The number of nitrogens with zero attached hydrogens (tertiary/aromatic N) is 13. The van der Waals surface area contributed by atoms with Crippen LogP contribution in [0.15, 0.2) is 205 Å². The molecule has 8 aromatic carbocycles. The van der Waals surface area contributed by atoms with E-state index in [0.29, 0.717) is 47.4 Å². The number of benzene rings is 8. The molecule has 502 valence electrons. The number of fused-ring (bicyclic) bond motifs is 8. The third-order valence-electron chi connectivity index (χ3n) is 16.9. The number of carbonyl (C=O) groups excluding carboxylic acids is 2. The van der Waals surface area contributed by atoms with Crippen molar-refractivity contribution in [1.82, 2.24) is 68.1 Å². The number of para-hydroxylation sites is 8. The van der Waals surface area contributed by atoms with Crippen molar-refractivity contribution in [2.45, 2.75) is 66.2 Å². The van der Waals surface area contributed by atoms with Gasteiger partial charge in [0.1, 0.15) is 41.3 Å². The van der Waals surface area contributed by atoms with Crippen LogP contribution in [-0.4, -0.2) is 108 Å². The largest absolute Gasteiger partial charge is 0.478 e. The molecule has 0 aliphatic carbocycles. The molecule has 2 aliphatic rings. The van der Waals surface area contributed by atoms with Crippen molar-refractivity contribution >= 4 is 136 Å². The average Bonchev–Trinajstić information content (AvgIpc) is 1.65. The number of anilines is 3. The molecule has 24 heteroatoms. The van der Waals surface area contributed by atoms with Gasteiger partial charge in [-0.05, 0) is 140 Å². The van der Waals surface area contributed by atoms with Crippen LogP contribution in [0.1, 0.15) is 106 Å². The molecular formula is C76H73N19O4S. The zero-order valence-electron chi connectivity index (χ0n) is 54.9. The van der Waals surface area contributed by atoms with E-state index >= 15 is 0 Å². The highest BCUT2D eigenvalue weighted by molar-refractivity contribution is 7.80. The summed E-state index contributed by atoms with van der Waals surface area (Å²) < 4.78 is 7.69. The van der Waals surface area contributed by atoms with Gasteiger partial charge in [0.25, 0.3) is 0 Å². The van der Waals surface area contributed by atoms with Gasteiger partial charge in [0.05, 0.1) is 90.3 Å². The van der Waals surface area contributed by atoms with Gasteiger partial charge >= 0.3 is 5.97 Å². The number of H-pyrrole nitrogens is 3. The van der Waals surface area contributed by atoms with Crippen LogP contribution in [0.5, 0.6) is 0 Å². The van der Waals surface area contributed by atoms with Crippen molar-refractivity contribution in [2.75, 3.05) is 10.6 Å². The first-order chi connectivity index (χ1) is 48.1. The number of carboxylic acid groups (broad SMARTS) is 1. The number of unbranched alkanes of at least 4 members (excludes halogenated alkanes) is 1. The maximum atomic E-state index is 12.3. The molecule has 0 bridgehead atoms. The maximum absolute atomic E-state index is 12.3. The van der Waals surface area contributed by atoms with Crippen LogP contribution >= 0.6 is 12.2 Å². The van der Waals surface area contributed by atoms with Gasteiger partial charge in [-0.1, -0.05) is 93.6 Å². The lowest BCUT2D eigenvalue weighted by Gasteiger charge is -2.02. The van der Waals surface area contributed by atoms with Crippen LogP contribution in [0.25, 0.3) is 66.2 Å². The topological polar surface area (TPSA) is 304 Å². The van der Waals surface area contributed by atoms with E-state index in [9.17, 15) is 14.4 Å². The zero-order chi connectivity index (χ0) is 68.7. The van der Waals surface area contributed by atoms with Gasteiger partial charge < -0.3 is 44.8 Å². The van der Waals surface area contributed by atoms with Crippen molar-refractivity contribution < 1.29 is 19.5 Å². The summed E-state index contributed by atoms with van der Waals surface area (Å²) in [5.41, 5.74) is 22.8. The quantitative estimate of drug-likeness (QED) is 0.0442. The molecule has 0 amide bonds. The summed E-state index contributed by atoms with van der Waals surface area (Å²) in [6.07, 6.45) is 10.5. The molecule has 0 atom stereocenters. The number of imidazole rings is 7. The SMILES string of the molecule is C.CC(=O)c1ccc2c(c1)nc(Nc1nc3ccccc3[nH]1)n2C.CCCCC(=O)c1ccc2c(c1)nc(Cc1nc3ccccc3[nH]1)n2C.Cn1c(Cc2nc3ccccc3[nH]2)nc2cc(C(=O)O)ccc21.NC1=Nc2ccccc2C1.S=C(N=C1Cc2ccccc2N1)n1ccnc1. The highest BCUT2D eigenvalue weighted by atomic mass is 32.1. The average molecular weight is 1350 g/mol. The van der Waals surface area contributed by atoms with E-state index in [1.165, 1.54) is 11.1 Å².